The van der Waals surface area contributed by atoms with E-state index in [0.717, 1.165) is 11.3 Å². The van der Waals surface area contributed by atoms with Gasteiger partial charge >= 0.3 is 0 Å². The van der Waals surface area contributed by atoms with E-state index in [-0.39, 0.29) is 16.8 Å². The van der Waals surface area contributed by atoms with Crippen molar-refractivity contribution in [2.24, 2.45) is 0 Å². The number of hydrogen-bond acceptors (Lipinski definition) is 4. The van der Waals surface area contributed by atoms with Crippen molar-refractivity contribution in [1.29, 1.82) is 0 Å². The molecule has 0 aliphatic rings. The molecule has 2 N–H and O–H groups in total. The second kappa shape index (κ2) is 4.72. The van der Waals surface area contributed by atoms with E-state index in [1.165, 1.54) is 6.33 Å². The number of H-pyrrole nitrogens is 1. The lowest BCUT2D eigenvalue weighted by atomic mass is 10.0. The first-order valence-electron chi connectivity index (χ1n) is 5.90. The van der Waals surface area contributed by atoms with E-state index >= 15 is 0 Å². The van der Waals surface area contributed by atoms with Gasteiger partial charge in [0.2, 0.25) is 0 Å². The highest BCUT2D eigenvalue weighted by Crippen LogP contribution is 2.37. The fourth-order valence-electron chi connectivity index (χ4n) is 2.19. The zero-order chi connectivity index (χ0) is 14.3. The summed E-state index contributed by atoms with van der Waals surface area (Å²) >= 11 is 3.40. The molecule has 5 nitrogen and oxygen atoms in total. The number of hydrogen-bond donors (Lipinski definition) is 2. The van der Waals surface area contributed by atoms with Gasteiger partial charge in [-0.2, -0.15) is 0 Å². The highest BCUT2D eigenvalue weighted by atomic mass is 79.9. The number of fused-ring (bicyclic) bond motifs is 1. The molecule has 2 heterocycles. The van der Waals surface area contributed by atoms with Crippen LogP contribution in [0.5, 0.6) is 5.75 Å². The number of rotatable bonds is 1. The maximum absolute atomic E-state index is 12.1. The van der Waals surface area contributed by atoms with Crippen molar-refractivity contribution in [3.05, 3.63) is 51.2 Å². The average molecular weight is 332 g/mol. The van der Waals surface area contributed by atoms with Gasteiger partial charge in [0.1, 0.15) is 11.3 Å². The Hall–Kier alpha value is -2.21. The second-order valence-corrected chi connectivity index (χ2v) is 5.25. The van der Waals surface area contributed by atoms with Gasteiger partial charge in [0.25, 0.3) is 5.56 Å². The Bertz CT molecular complexity index is 874. The number of aromatic nitrogens is 3. The maximum atomic E-state index is 12.1. The van der Waals surface area contributed by atoms with Crippen LogP contribution in [0.3, 0.4) is 0 Å². The van der Waals surface area contributed by atoms with E-state index in [2.05, 4.69) is 30.9 Å². The predicted octanol–water partition coefficient (Wildman–Crippen LogP) is 2.76. The smallest absolute Gasteiger partial charge is 0.259 e. The molecule has 2 aromatic heterocycles. The lowest BCUT2D eigenvalue weighted by Gasteiger charge is -2.10. The van der Waals surface area contributed by atoms with E-state index in [9.17, 15) is 9.90 Å². The third kappa shape index (κ3) is 1.98. The average Bonchev–Trinajstić information content (AvgIpc) is 2.40. The van der Waals surface area contributed by atoms with Crippen LogP contribution in [0, 0.1) is 6.92 Å². The van der Waals surface area contributed by atoms with Gasteiger partial charge in [-0.3, -0.25) is 9.78 Å². The Labute approximate surface area is 122 Å². The third-order valence-corrected chi connectivity index (χ3v) is 3.66. The molecule has 0 saturated carbocycles. The largest absolute Gasteiger partial charge is 0.506 e. The number of nitrogens with one attached hydrogen (secondary N) is 1. The van der Waals surface area contributed by atoms with Gasteiger partial charge in [-0.25, -0.2) is 4.98 Å². The van der Waals surface area contributed by atoms with Gasteiger partial charge in [0.05, 0.1) is 11.7 Å². The van der Waals surface area contributed by atoms with Crippen molar-refractivity contribution < 1.29 is 5.11 Å². The van der Waals surface area contributed by atoms with Crippen LogP contribution in [0.1, 0.15) is 5.69 Å². The van der Waals surface area contributed by atoms with Crippen LogP contribution in [0.4, 0.5) is 0 Å². The molecule has 0 radical (unpaired) electrons. The molecule has 0 unspecified atom stereocenters. The minimum absolute atomic E-state index is 0.0347. The number of aromatic hydroxyl groups is 1. The number of halogens is 1. The number of phenolic OH excluding ortho intramolecular Hbond substituents is 1. The lowest BCUT2D eigenvalue weighted by molar-refractivity contribution is 0.480. The summed E-state index contributed by atoms with van der Waals surface area (Å²) in [5, 5.41) is 10.3. The number of nitrogens with zero attached hydrogens (tertiary/aromatic N) is 2. The second-order valence-electron chi connectivity index (χ2n) is 4.39. The summed E-state index contributed by atoms with van der Waals surface area (Å²) in [6, 6.07) is 5.24. The van der Waals surface area contributed by atoms with Crippen LogP contribution < -0.4 is 5.56 Å². The van der Waals surface area contributed by atoms with E-state index in [4.69, 9.17) is 0 Å². The van der Waals surface area contributed by atoms with Crippen molar-refractivity contribution >= 4 is 26.8 Å². The van der Waals surface area contributed by atoms with Gasteiger partial charge in [0.15, 0.2) is 0 Å². The van der Waals surface area contributed by atoms with Crippen LogP contribution in [-0.2, 0) is 0 Å². The molecular weight excluding hydrogens is 322 g/mol. The van der Waals surface area contributed by atoms with Gasteiger partial charge in [0, 0.05) is 21.9 Å². The van der Waals surface area contributed by atoms with Crippen LogP contribution in [0.15, 0.2) is 40.0 Å². The zero-order valence-corrected chi connectivity index (χ0v) is 12.1. The first-order chi connectivity index (χ1) is 9.58. The van der Waals surface area contributed by atoms with Gasteiger partial charge in [-0.15, -0.1) is 0 Å². The molecule has 6 heteroatoms. The van der Waals surface area contributed by atoms with Gasteiger partial charge < -0.3 is 10.1 Å². The number of aryl methyl sites for hydroxylation is 1. The Balaban J connectivity index is 2.50. The molecule has 3 rings (SSSR count). The molecule has 1 aromatic carbocycles. The number of benzene rings is 1. The number of phenols is 1. The molecule has 0 bridgehead atoms. The number of aromatic amines is 1. The monoisotopic (exact) mass is 331 g/mol. The third-order valence-electron chi connectivity index (χ3n) is 3.03. The molecule has 20 heavy (non-hydrogen) atoms. The van der Waals surface area contributed by atoms with Gasteiger partial charge in [-0.05, 0) is 46.6 Å². The lowest BCUT2D eigenvalue weighted by Crippen LogP contribution is -2.08. The molecule has 3 aromatic rings. The summed E-state index contributed by atoms with van der Waals surface area (Å²) in [4.78, 5) is 22.9. The van der Waals surface area contributed by atoms with Gasteiger partial charge in [-0.1, -0.05) is 0 Å². The summed E-state index contributed by atoms with van der Waals surface area (Å²) in [5.41, 5.74) is 2.36. The normalized spacial score (nSPS) is 10.9. The molecule has 0 aliphatic heterocycles. The molecule has 0 amide bonds. The first-order valence-corrected chi connectivity index (χ1v) is 6.69. The summed E-state index contributed by atoms with van der Waals surface area (Å²) in [5.74, 6) is -0.0347. The highest BCUT2D eigenvalue weighted by Gasteiger charge is 2.16. The predicted molar refractivity (Wildman–Crippen MR) is 79.7 cm³/mol. The summed E-state index contributed by atoms with van der Waals surface area (Å²) in [6.45, 7) is 1.88. The zero-order valence-electron chi connectivity index (χ0n) is 10.5. The van der Waals surface area contributed by atoms with Crippen LogP contribution in [0.25, 0.3) is 22.0 Å². The van der Waals surface area contributed by atoms with Crippen molar-refractivity contribution in [2.75, 3.05) is 0 Å². The summed E-state index contributed by atoms with van der Waals surface area (Å²) in [6.07, 6.45) is 2.96. The summed E-state index contributed by atoms with van der Waals surface area (Å²) in [7, 11) is 0. The minimum atomic E-state index is -0.295. The number of pyridine rings is 1. The fourth-order valence-corrected chi connectivity index (χ4v) is 2.83. The van der Waals surface area contributed by atoms with Crippen LogP contribution >= 0.6 is 15.9 Å². The molecule has 0 spiro atoms. The first kappa shape index (κ1) is 12.8. The van der Waals surface area contributed by atoms with Crippen molar-refractivity contribution in [2.45, 2.75) is 6.92 Å². The van der Waals surface area contributed by atoms with E-state index in [0.29, 0.717) is 15.4 Å². The van der Waals surface area contributed by atoms with Crippen LogP contribution in [0.2, 0.25) is 0 Å². The van der Waals surface area contributed by atoms with Crippen LogP contribution in [-0.4, -0.2) is 20.1 Å². The molecular formula is C14H10BrN3O2. The standard InChI is InChI=1S/C14H10BrN3O2/c1-7-4-8(2-3-16-7)11-9(15)5-10(19)13-12(11)14(20)18-6-17-13/h2-6,19H,1H3,(H,17,18,20). The summed E-state index contributed by atoms with van der Waals surface area (Å²) < 4.78 is 0.631. The Kier molecular flexibility index (Phi) is 3.02. The molecule has 0 saturated heterocycles. The highest BCUT2D eigenvalue weighted by molar-refractivity contribution is 9.10. The molecule has 0 atom stereocenters. The Morgan fingerprint density at radius 2 is 2.10 bits per heavy atom. The quantitative estimate of drug-likeness (QED) is 0.718. The molecule has 0 aliphatic carbocycles. The fraction of sp³-hybridized carbons (Fsp3) is 0.0714. The Morgan fingerprint density at radius 1 is 1.30 bits per heavy atom. The van der Waals surface area contributed by atoms with E-state index < -0.39 is 0 Å². The van der Waals surface area contributed by atoms with E-state index in [1.54, 1.807) is 12.3 Å². The van der Waals surface area contributed by atoms with Crippen molar-refractivity contribution in [1.82, 2.24) is 15.0 Å². The van der Waals surface area contributed by atoms with Crippen molar-refractivity contribution in [3.63, 3.8) is 0 Å². The topological polar surface area (TPSA) is 78.9 Å². The van der Waals surface area contributed by atoms with E-state index in [1.807, 2.05) is 19.1 Å². The maximum Gasteiger partial charge on any atom is 0.259 e. The minimum Gasteiger partial charge on any atom is -0.506 e. The molecule has 0 fully saturated rings. The van der Waals surface area contributed by atoms with Crippen molar-refractivity contribution in [3.8, 4) is 16.9 Å². The SMILES string of the molecule is Cc1cc(-c2c(Br)cc(O)c3nc[nH]c(=O)c23)ccn1. The Morgan fingerprint density at radius 3 is 2.85 bits per heavy atom. The molecule has 100 valence electrons.